The molecule has 3 rings (SSSR count). The number of nitrogens with zero attached hydrogens (tertiary/aromatic N) is 2. The number of aromatic amines is 1. The average molecular weight is 298 g/mol. The van der Waals surface area contributed by atoms with Crippen LogP contribution in [0.2, 0.25) is 0 Å². The standard InChI is InChI=1S/C16H18N4O2/c1-10(8-11-4-6-17-7-5-11)18-16(22)13-9-14(21)20-15(19-13)12-2-3-12/h4-7,9-10,12H,2-3,8H2,1H3,(H,18,22)(H,19,20,21). The van der Waals surface area contributed by atoms with Crippen molar-refractivity contribution < 1.29 is 4.79 Å². The lowest BCUT2D eigenvalue weighted by molar-refractivity contribution is 0.0934. The Morgan fingerprint density at radius 1 is 1.41 bits per heavy atom. The van der Waals surface area contributed by atoms with Gasteiger partial charge in [0.05, 0.1) is 0 Å². The lowest BCUT2D eigenvalue weighted by Crippen LogP contribution is -2.35. The van der Waals surface area contributed by atoms with Crippen LogP contribution >= 0.6 is 0 Å². The largest absolute Gasteiger partial charge is 0.348 e. The highest BCUT2D eigenvalue weighted by molar-refractivity contribution is 5.92. The number of nitrogens with one attached hydrogen (secondary N) is 2. The Labute approximate surface area is 128 Å². The van der Waals surface area contributed by atoms with E-state index in [0.717, 1.165) is 18.4 Å². The van der Waals surface area contributed by atoms with E-state index in [1.807, 2.05) is 19.1 Å². The Bertz CT molecular complexity index is 722. The minimum absolute atomic E-state index is 0.0552. The van der Waals surface area contributed by atoms with Crippen LogP contribution in [-0.2, 0) is 6.42 Å². The van der Waals surface area contributed by atoms with Crippen molar-refractivity contribution in [1.29, 1.82) is 0 Å². The van der Waals surface area contributed by atoms with Crippen LogP contribution in [-0.4, -0.2) is 26.9 Å². The van der Waals surface area contributed by atoms with E-state index in [4.69, 9.17) is 0 Å². The third kappa shape index (κ3) is 3.58. The first-order chi connectivity index (χ1) is 10.6. The van der Waals surface area contributed by atoms with Crippen molar-refractivity contribution in [1.82, 2.24) is 20.3 Å². The van der Waals surface area contributed by atoms with Gasteiger partial charge in [-0.2, -0.15) is 0 Å². The van der Waals surface area contributed by atoms with E-state index in [1.54, 1.807) is 12.4 Å². The van der Waals surface area contributed by atoms with Crippen molar-refractivity contribution in [3.8, 4) is 0 Å². The predicted molar refractivity (Wildman–Crippen MR) is 81.7 cm³/mol. The number of pyridine rings is 1. The van der Waals surface area contributed by atoms with Crippen LogP contribution in [0, 0.1) is 0 Å². The van der Waals surface area contributed by atoms with Crippen LogP contribution < -0.4 is 10.9 Å². The van der Waals surface area contributed by atoms with Crippen molar-refractivity contribution in [3.63, 3.8) is 0 Å². The molecule has 6 nitrogen and oxygen atoms in total. The lowest BCUT2D eigenvalue weighted by Gasteiger charge is -2.13. The second-order valence-corrected chi connectivity index (χ2v) is 5.72. The van der Waals surface area contributed by atoms with E-state index in [-0.39, 0.29) is 23.2 Å². The molecule has 0 spiro atoms. The molecule has 1 unspecified atom stereocenters. The van der Waals surface area contributed by atoms with Crippen molar-refractivity contribution in [2.24, 2.45) is 0 Å². The monoisotopic (exact) mass is 298 g/mol. The van der Waals surface area contributed by atoms with Gasteiger partial charge in [0, 0.05) is 30.4 Å². The van der Waals surface area contributed by atoms with Gasteiger partial charge in [0.25, 0.3) is 11.5 Å². The summed E-state index contributed by atoms with van der Waals surface area (Å²) in [7, 11) is 0. The maximum atomic E-state index is 12.3. The Hall–Kier alpha value is -2.50. The molecule has 2 heterocycles. The average Bonchev–Trinajstić information content (AvgIpc) is 3.32. The number of H-pyrrole nitrogens is 1. The van der Waals surface area contributed by atoms with E-state index in [0.29, 0.717) is 18.2 Å². The second kappa shape index (κ2) is 6.09. The molecule has 6 heteroatoms. The van der Waals surface area contributed by atoms with Crippen LogP contribution in [0.15, 0.2) is 35.4 Å². The third-order valence-corrected chi connectivity index (χ3v) is 3.63. The van der Waals surface area contributed by atoms with Gasteiger partial charge in [-0.25, -0.2) is 4.98 Å². The zero-order valence-corrected chi connectivity index (χ0v) is 12.4. The quantitative estimate of drug-likeness (QED) is 0.873. The molecule has 22 heavy (non-hydrogen) atoms. The number of carbonyl (C=O) groups excluding carboxylic acids is 1. The molecule has 2 aromatic heterocycles. The van der Waals surface area contributed by atoms with Gasteiger partial charge in [-0.05, 0) is 43.9 Å². The van der Waals surface area contributed by atoms with Gasteiger partial charge < -0.3 is 10.3 Å². The van der Waals surface area contributed by atoms with Crippen molar-refractivity contribution in [3.05, 3.63) is 58.0 Å². The van der Waals surface area contributed by atoms with Gasteiger partial charge in [0.15, 0.2) is 0 Å². The molecule has 1 fully saturated rings. The summed E-state index contributed by atoms with van der Waals surface area (Å²) in [5.74, 6) is 0.615. The molecule has 0 radical (unpaired) electrons. The van der Waals surface area contributed by atoms with E-state index >= 15 is 0 Å². The zero-order chi connectivity index (χ0) is 15.5. The predicted octanol–water partition coefficient (Wildman–Crippen LogP) is 1.40. The molecule has 0 aromatic carbocycles. The van der Waals surface area contributed by atoms with E-state index < -0.39 is 0 Å². The highest BCUT2D eigenvalue weighted by Gasteiger charge is 2.27. The highest BCUT2D eigenvalue weighted by Crippen LogP contribution is 2.37. The number of aromatic nitrogens is 3. The molecule has 0 bridgehead atoms. The molecule has 1 aliphatic rings. The number of hydrogen-bond donors (Lipinski definition) is 2. The number of carbonyl (C=O) groups is 1. The van der Waals surface area contributed by atoms with Crippen LogP contribution in [0.1, 0.15) is 47.6 Å². The first-order valence-corrected chi connectivity index (χ1v) is 7.43. The van der Waals surface area contributed by atoms with Gasteiger partial charge >= 0.3 is 0 Å². The second-order valence-electron chi connectivity index (χ2n) is 5.72. The Kier molecular flexibility index (Phi) is 4.00. The summed E-state index contributed by atoms with van der Waals surface area (Å²) in [5, 5.41) is 2.88. The van der Waals surface area contributed by atoms with Crippen molar-refractivity contribution >= 4 is 5.91 Å². The summed E-state index contributed by atoms with van der Waals surface area (Å²) in [6.45, 7) is 1.92. The minimum Gasteiger partial charge on any atom is -0.348 e. The molecule has 1 atom stereocenters. The highest BCUT2D eigenvalue weighted by atomic mass is 16.2. The van der Waals surface area contributed by atoms with E-state index in [9.17, 15) is 9.59 Å². The molecule has 2 N–H and O–H groups in total. The lowest BCUT2D eigenvalue weighted by atomic mass is 10.1. The van der Waals surface area contributed by atoms with E-state index in [2.05, 4.69) is 20.3 Å². The number of amides is 1. The van der Waals surface area contributed by atoms with Crippen molar-refractivity contribution in [2.45, 2.75) is 38.1 Å². The SMILES string of the molecule is CC(Cc1ccncc1)NC(=O)c1cc(=O)[nH]c(C2CC2)n1. The summed E-state index contributed by atoms with van der Waals surface area (Å²) < 4.78 is 0. The van der Waals surface area contributed by atoms with Gasteiger partial charge in [-0.3, -0.25) is 14.6 Å². The topological polar surface area (TPSA) is 87.7 Å². The summed E-state index contributed by atoms with van der Waals surface area (Å²) in [6, 6.07) is 5.03. The molecular weight excluding hydrogens is 280 g/mol. The van der Waals surface area contributed by atoms with Crippen LogP contribution in [0.5, 0.6) is 0 Å². The fourth-order valence-electron chi connectivity index (χ4n) is 2.36. The molecule has 1 aliphatic carbocycles. The summed E-state index contributed by atoms with van der Waals surface area (Å²) in [6.07, 6.45) is 6.19. The van der Waals surface area contributed by atoms with Crippen LogP contribution in [0.3, 0.4) is 0 Å². The smallest absolute Gasteiger partial charge is 0.270 e. The first-order valence-electron chi connectivity index (χ1n) is 7.43. The number of hydrogen-bond acceptors (Lipinski definition) is 4. The molecule has 114 valence electrons. The zero-order valence-electron chi connectivity index (χ0n) is 12.4. The van der Waals surface area contributed by atoms with Crippen LogP contribution in [0.4, 0.5) is 0 Å². The third-order valence-electron chi connectivity index (χ3n) is 3.63. The Morgan fingerprint density at radius 3 is 2.82 bits per heavy atom. The maximum Gasteiger partial charge on any atom is 0.270 e. The van der Waals surface area contributed by atoms with Gasteiger partial charge in [0.1, 0.15) is 11.5 Å². The van der Waals surface area contributed by atoms with Crippen molar-refractivity contribution in [2.75, 3.05) is 0 Å². The maximum absolute atomic E-state index is 12.3. The summed E-state index contributed by atoms with van der Waals surface area (Å²) in [5.41, 5.74) is 1.01. The van der Waals surface area contributed by atoms with Gasteiger partial charge in [-0.1, -0.05) is 0 Å². The fraction of sp³-hybridized carbons (Fsp3) is 0.375. The minimum atomic E-state index is -0.311. The summed E-state index contributed by atoms with van der Waals surface area (Å²) in [4.78, 5) is 34.8. The molecule has 1 saturated carbocycles. The van der Waals surface area contributed by atoms with Gasteiger partial charge in [0.2, 0.25) is 0 Å². The van der Waals surface area contributed by atoms with Gasteiger partial charge in [-0.15, -0.1) is 0 Å². The summed E-state index contributed by atoms with van der Waals surface area (Å²) >= 11 is 0. The molecule has 2 aromatic rings. The molecule has 0 saturated heterocycles. The molecule has 0 aliphatic heterocycles. The van der Waals surface area contributed by atoms with Crippen LogP contribution in [0.25, 0.3) is 0 Å². The normalized spacial score (nSPS) is 15.3. The first kappa shape index (κ1) is 14.4. The fourth-order valence-corrected chi connectivity index (χ4v) is 2.36. The Morgan fingerprint density at radius 2 is 2.14 bits per heavy atom. The molecule has 1 amide bonds. The van der Waals surface area contributed by atoms with E-state index in [1.165, 1.54) is 6.07 Å². The molecular formula is C16H18N4O2. The Balaban J connectivity index is 1.67. The number of rotatable bonds is 5.